The molecule has 2 heterocycles. The van der Waals surface area contributed by atoms with Crippen LogP contribution in [0.25, 0.3) is 0 Å². The van der Waals surface area contributed by atoms with Crippen LogP contribution in [0.4, 0.5) is 5.82 Å². The molecule has 2 rings (SSSR count). The number of nitrogens with zero attached hydrogens (tertiary/aromatic N) is 2. The van der Waals surface area contributed by atoms with Crippen molar-refractivity contribution in [3.8, 4) is 5.88 Å². The summed E-state index contributed by atoms with van der Waals surface area (Å²) in [6.07, 6.45) is -0.0747. The van der Waals surface area contributed by atoms with Crippen molar-refractivity contribution < 1.29 is 14.2 Å². The van der Waals surface area contributed by atoms with E-state index in [0.717, 1.165) is 0 Å². The molecular formula is C10H15N3O3. The Morgan fingerprint density at radius 3 is 2.88 bits per heavy atom. The van der Waals surface area contributed by atoms with Crippen LogP contribution in [-0.4, -0.2) is 35.3 Å². The SMILES string of the molecule is CC1(C)OCC(COc2ccc(N)nn2)O1. The topological polar surface area (TPSA) is 79.5 Å². The van der Waals surface area contributed by atoms with Crippen molar-refractivity contribution in [2.45, 2.75) is 25.7 Å². The molecule has 0 aliphatic carbocycles. The average Bonchev–Trinajstić information content (AvgIpc) is 2.58. The van der Waals surface area contributed by atoms with E-state index in [1.54, 1.807) is 12.1 Å². The summed E-state index contributed by atoms with van der Waals surface area (Å²) in [5, 5.41) is 7.47. The number of ether oxygens (including phenoxy) is 3. The molecule has 0 bridgehead atoms. The Hall–Kier alpha value is -1.40. The second-order valence-electron chi connectivity index (χ2n) is 4.06. The third-order valence-corrected chi connectivity index (χ3v) is 2.15. The fourth-order valence-electron chi connectivity index (χ4n) is 1.43. The minimum Gasteiger partial charge on any atom is -0.474 e. The van der Waals surface area contributed by atoms with Crippen LogP contribution in [0.5, 0.6) is 5.88 Å². The van der Waals surface area contributed by atoms with E-state index in [1.165, 1.54) is 0 Å². The molecule has 1 aromatic rings. The smallest absolute Gasteiger partial charge is 0.233 e. The maximum atomic E-state index is 5.57. The highest BCUT2D eigenvalue weighted by molar-refractivity contribution is 5.27. The van der Waals surface area contributed by atoms with Gasteiger partial charge in [-0.1, -0.05) is 0 Å². The van der Waals surface area contributed by atoms with Gasteiger partial charge < -0.3 is 19.9 Å². The number of aromatic nitrogens is 2. The zero-order valence-corrected chi connectivity index (χ0v) is 9.34. The van der Waals surface area contributed by atoms with Crippen LogP contribution in [0.15, 0.2) is 12.1 Å². The predicted molar refractivity (Wildman–Crippen MR) is 56.8 cm³/mol. The van der Waals surface area contributed by atoms with Gasteiger partial charge in [-0.25, -0.2) is 0 Å². The summed E-state index contributed by atoms with van der Waals surface area (Å²) in [6, 6.07) is 3.31. The Morgan fingerprint density at radius 2 is 2.31 bits per heavy atom. The van der Waals surface area contributed by atoms with Crippen molar-refractivity contribution in [2.75, 3.05) is 18.9 Å². The van der Waals surface area contributed by atoms with Gasteiger partial charge in [-0.3, -0.25) is 0 Å². The molecule has 0 amide bonds. The molecule has 6 nitrogen and oxygen atoms in total. The van der Waals surface area contributed by atoms with Gasteiger partial charge in [0.15, 0.2) is 5.79 Å². The lowest BCUT2D eigenvalue weighted by Gasteiger charge is -2.16. The Morgan fingerprint density at radius 1 is 1.50 bits per heavy atom. The molecule has 6 heteroatoms. The van der Waals surface area contributed by atoms with Gasteiger partial charge in [0, 0.05) is 6.07 Å². The zero-order chi connectivity index (χ0) is 11.6. The highest BCUT2D eigenvalue weighted by atomic mass is 16.7. The fourth-order valence-corrected chi connectivity index (χ4v) is 1.43. The predicted octanol–water partition coefficient (Wildman–Crippen LogP) is 0.589. The first-order valence-corrected chi connectivity index (χ1v) is 5.09. The highest BCUT2D eigenvalue weighted by Gasteiger charge is 2.32. The fraction of sp³-hybridized carbons (Fsp3) is 0.600. The third kappa shape index (κ3) is 2.80. The van der Waals surface area contributed by atoms with Crippen LogP contribution >= 0.6 is 0 Å². The maximum Gasteiger partial charge on any atom is 0.233 e. The number of rotatable bonds is 3. The Bertz CT molecular complexity index is 353. The average molecular weight is 225 g/mol. The van der Waals surface area contributed by atoms with Crippen LogP contribution in [0, 0.1) is 0 Å². The number of nitrogens with two attached hydrogens (primary N) is 1. The number of hydrogen-bond donors (Lipinski definition) is 1. The molecule has 1 saturated heterocycles. The summed E-state index contributed by atoms with van der Waals surface area (Å²) in [4.78, 5) is 0. The van der Waals surface area contributed by atoms with Gasteiger partial charge in [-0.15, -0.1) is 10.2 Å². The molecular weight excluding hydrogens is 210 g/mol. The third-order valence-electron chi connectivity index (χ3n) is 2.15. The Labute approximate surface area is 93.7 Å². The summed E-state index contributed by atoms with van der Waals surface area (Å²) < 4.78 is 16.4. The van der Waals surface area contributed by atoms with Crippen molar-refractivity contribution in [2.24, 2.45) is 0 Å². The van der Waals surface area contributed by atoms with Gasteiger partial charge in [-0.2, -0.15) is 0 Å². The first-order chi connectivity index (χ1) is 7.55. The number of hydrogen-bond acceptors (Lipinski definition) is 6. The molecule has 1 aliphatic rings. The van der Waals surface area contributed by atoms with Crippen molar-refractivity contribution in [3.63, 3.8) is 0 Å². The van der Waals surface area contributed by atoms with Gasteiger partial charge >= 0.3 is 0 Å². The Kier molecular flexibility index (Phi) is 2.93. The lowest BCUT2D eigenvalue weighted by molar-refractivity contribution is -0.141. The summed E-state index contributed by atoms with van der Waals surface area (Å²) >= 11 is 0. The van der Waals surface area contributed by atoms with Crippen LogP contribution in [0.3, 0.4) is 0 Å². The lowest BCUT2D eigenvalue weighted by Crippen LogP contribution is -2.25. The van der Waals surface area contributed by atoms with E-state index in [2.05, 4.69) is 10.2 Å². The molecule has 1 aromatic heterocycles. The van der Waals surface area contributed by atoms with Gasteiger partial charge in [-0.05, 0) is 19.9 Å². The molecule has 0 radical (unpaired) electrons. The molecule has 0 saturated carbocycles. The highest BCUT2D eigenvalue weighted by Crippen LogP contribution is 2.22. The first kappa shape index (κ1) is 11.1. The molecule has 2 N–H and O–H groups in total. The minimum atomic E-state index is -0.527. The molecule has 0 spiro atoms. The summed E-state index contributed by atoms with van der Waals surface area (Å²) in [5.74, 6) is 0.275. The summed E-state index contributed by atoms with van der Waals surface area (Å²) in [7, 11) is 0. The largest absolute Gasteiger partial charge is 0.474 e. The summed E-state index contributed by atoms with van der Waals surface area (Å²) in [5.41, 5.74) is 5.41. The van der Waals surface area contributed by atoms with E-state index in [0.29, 0.717) is 24.9 Å². The normalized spacial score (nSPS) is 23.2. The van der Waals surface area contributed by atoms with Gasteiger partial charge in [0.1, 0.15) is 18.5 Å². The number of nitrogen functional groups attached to an aromatic ring is 1. The van der Waals surface area contributed by atoms with E-state index in [-0.39, 0.29) is 6.10 Å². The molecule has 16 heavy (non-hydrogen) atoms. The molecule has 1 atom stereocenters. The van der Waals surface area contributed by atoms with E-state index in [1.807, 2.05) is 13.8 Å². The van der Waals surface area contributed by atoms with Crippen LogP contribution in [0.2, 0.25) is 0 Å². The van der Waals surface area contributed by atoms with Crippen molar-refractivity contribution in [1.29, 1.82) is 0 Å². The standard InChI is InChI=1S/C10H15N3O3/c1-10(2)15-6-7(16-10)5-14-9-4-3-8(11)12-13-9/h3-4,7H,5-6H2,1-2H3,(H2,11,12). The van der Waals surface area contributed by atoms with Crippen molar-refractivity contribution in [3.05, 3.63) is 12.1 Å². The quantitative estimate of drug-likeness (QED) is 0.811. The molecule has 1 aliphatic heterocycles. The monoisotopic (exact) mass is 225 g/mol. The second-order valence-corrected chi connectivity index (χ2v) is 4.06. The van der Waals surface area contributed by atoms with Crippen LogP contribution in [-0.2, 0) is 9.47 Å². The van der Waals surface area contributed by atoms with Gasteiger partial charge in [0.05, 0.1) is 6.61 Å². The van der Waals surface area contributed by atoms with E-state index < -0.39 is 5.79 Å². The van der Waals surface area contributed by atoms with Gasteiger partial charge in [0.2, 0.25) is 5.88 Å². The van der Waals surface area contributed by atoms with Crippen LogP contribution in [0.1, 0.15) is 13.8 Å². The maximum absolute atomic E-state index is 5.57. The van der Waals surface area contributed by atoms with Crippen molar-refractivity contribution >= 4 is 5.82 Å². The lowest BCUT2D eigenvalue weighted by atomic mass is 10.4. The minimum absolute atomic E-state index is 0.0747. The molecule has 88 valence electrons. The Balaban J connectivity index is 1.82. The van der Waals surface area contributed by atoms with Crippen molar-refractivity contribution in [1.82, 2.24) is 10.2 Å². The van der Waals surface area contributed by atoms with Crippen LogP contribution < -0.4 is 10.5 Å². The second kappa shape index (κ2) is 4.23. The van der Waals surface area contributed by atoms with E-state index in [4.69, 9.17) is 19.9 Å². The van der Waals surface area contributed by atoms with Gasteiger partial charge in [0.25, 0.3) is 0 Å². The molecule has 0 aromatic carbocycles. The molecule has 1 unspecified atom stereocenters. The first-order valence-electron chi connectivity index (χ1n) is 5.09. The van der Waals surface area contributed by atoms with E-state index >= 15 is 0 Å². The summed E-state index contributed by atoms with van der Waals surface area (Å²) in [6.45, 7) is 4.66. The molecule has 1 fully saturated rings. The van der Waals surface area contributed by atoms with E-state index in [9.17, 15) is 0 Å². The number of anilines is 1. The zero-order valence-electron chi connectivity index (χ0n) is 9.34.